The van der Waals surface area contributed by atoms with E-state index in [2.05, 4.69) is 4.98 Å². The predicted octanol–water partition coefficient (Wildman–Crippen LogP) is 2.91. The van der Waals surface area contributed by atoms with Crippen molar-refractivity contribution in [3.63, 3.8) is 0 Å². The molecule has 0 spiro atoms. The van der Waals surface area contributed by atoms with Crippen LogP contribution < -0.4 is 9.64 Å². The molecule has 0 aliphatic rings. The van der Waals surface area contributed by atoms with Gasteiger partial charge in [-0.2, -0.15) is 0 Å². The first kappa shape index (κ1) is 13.4. The number of anilines is 2. The van der Waals surface area contributed by atoms with E-state index in [0.717, 1.165) is 22.8 Å². The Bertz CT molecular complexity index is 521. The van der Waals surface area contributed by atoms with E-state index in [9.17, 15) is 5.11 Å². The van der Waals surface area contributed by atoms with E-state index in [1.54, 1.807) is 20.2 Å². The van der Waals surface area contributed by atoms with Crippen LogP contribution in [0.2, 0.25) is 0 Å². The molecule has 0 aliphatic carbocycles. The number of aliphatic hydroxyl groups is 1. The SMILES string of the molecule is COc1ccc(N(C)c2ccc([C@H](C)O)cn2)cc1. The lowest BCUT2D eigenvalue weighted by molar-refractivity contribution is 0.199. The molecule has 0 fully saturated rings. The fourth-order valence-electron chi connectivity index (χ4n) is 1.78. The molecule has 1 heterocycles. The van der Waals surface area contributed by atoms with Crippen LogP contribution in [-0.2, 0) is 0 Å². The summed E-state index contributed by atoms with van der Waals surface area (Å²) < 4.78 is 5.13. The van der Waals surface area contributed by atoms with E-state index in [1.807, 2.05) is 48.3 Å². The molecule has 19 heavy (non-hydrogen) atoms. The van der Waals surface area contributed by atoms with E-state index in [-0.39, 0.29) is 0 Å². The van der Waals surface area contributed by atoms with Gasteiger partial charge < -0.3 is 14.7 Å². The molecule has 0 unspecified atom stereocenters. The molecule has 0 radical (unpaired) electrons. The van der Waals surface area contributed by atoms with Crippen LogP contribution in [0.3, 0.4) is 0 Å². The fourth-order valence-corrected chi connectivity index (χ4v) is 1.78. The summed E-state index contributed by atoms with van der Waals surface area (Å²) in [6, 6.07) is 11.6. The fraction of sp³-hybridized carbons (Fsp3) is 0.267. The maximum absolute atomic E-state index is 9.46. The van der Waals surface area contributed by atoms with Gasteiger partial charge in [-0.15, -0.1) is 0 Å². The normalized spacial score (nSPS) is 12.0. The van der Waals surface area contributed by atoms with Gasteiger partial charge in [0, 0.05) is 18.9 Å². The number of aromatic nitrogens is 1. The third-order valence-corrected chi connectivity index (χ3v) is 3.06. The van der Waals surface area contributed by atoms with Crippen LogP contribution >= 0.6 is 0 Å². The molecule has 0 saturated carbocycles. The molecule has 1 N–H and O–H groups in total. The smallest absolute Gasteiger partial charge is 0.132 e. The zero-order valence-corrected chi connectivity index (χ0v) is 11.4. The molecule has 2 rings (SSSR count). The lowest BCUT2D eigenvalue weighted by Gasteiger charge is -2.19. The summed E-state index contributed by atoms with van der Waals surface area (Å²) in [5.41, 5.74) is 1.84. The monoisotopic (exact) mass is 258 g/mol. The van der Waals surface area contributed by atoms with Gasteiger partial charge in [-0.1, -0.05) is 6.07 Å². The van der Waals surface area contributed by atoms with Gasteiger partial charge in [0.15, 0.2) is 0 Å². The van der Waals surface area contributed by atoms with Crippen LogP contribution in [0.15, 0.2) is 42.6 Å². The maximum atomic E-state index is 9.46. The van der Waals surface area contributed by atoms with Gasteiger partial charge in [-0.3, -0.25) is 0 Å². The van der Waals surface area contributed by atoms with Crippen LogP contribution in [0, 0.1) is 0 Å². The molecule has 2 aromatic rings. The van der Waals surface area contributed by atoms with Crippen molar-refractivity contribution in [1.29, 1.82) is 0 Å². The Labute approximate surface area is 113 Å². The van der Waals surface area contributed by atoms with Crippen molar-refractivity contribution < 1.29 is 9.84 Å². The highest BCUT2D eigenvalue weighted by Crippen LogP contribution is 2.24. The first-order valence-corrected chi connectivity index (χ1v) is 6.13. The van der Waals surface area contributed by atoms with E-state index in [1.165, 1.54) is 0 Å². The van der Waals surface area contributed by atoms with Gasteiger partial charge in [0.2, 0.25) is 0 Å². The molecule has 100 valence electrons. The first-order chi connectivity index (χ1) is 9.11. The number of hydrogen-bond acceptors (Lipinski definition) is 4. The van der Waals surface area contributed by atoms with Crippen LogP contribution in [-0.4, -0.2) is 24.2 Å². The molecule has 4 nitrogen and oxygen atoms in total. The molecular weight excluding hydrogens is 240 g/mol. The Morgan fingerprint density at radius 3 is 2.32 bits per heavy atom. The summed E-state index contributed by atoms with van der Waals surface area (Å²) in [4.78, 5) is 6.33. The molecule has 4 heteroatoms. The van der Waals surface area contributed by atoms with Crippen molar-refractivity contribution in [2.24, 2.45) is 0 Å². The lowest BCUT2D eigenvalue weighted by atomic mass is 10.2. The standard InChI is InChI=1S/C15H18N2O2/c1-11(18)12-4-9-15(16-10-12)17(2)13-5-7-14(19-3)8-6-13/h4-11,18H,1-3H3/t11-/m0/s1. The second-order valence-corrected chi connectivity index (χ2v) is 4.38. The van der Waals surface area contributed by atoms with Gasteiger partial charge in [-0.05, 0) is 42.8 Å². The Balaban J connectivity index is 2.20. The summed E-state index contributed by atoms with van der Waals surface area (Å²) in [5, 5.41) is 9.46. The molecule has 0 amide bonds. The van der Waals surface area contributed by atoms with E-state index >= 15 is 0 Å². The molecule has 0 saturated heterocycles. The summed E-state index contributed by atoms with van der Waals surface area (Å²) >= 11 is 0. The number of benzene rings is 1. The minimum atomic E-state index is -0.493. The Hall–Kier alpha value is -2.07. The molecule has 0 bridgehead atoms. The minimum Gasteiger partial charge on any atom is -0.497 e. The maximum Gasteiger partial charge on any atom is 0.132 e. The van der Waals surface area contributed by atoms with Crippen molar-refractivity contribution in [3.8, 4) is 5.75 Å². The van der Waals surface area contributed by atoms with Crippen molar-refractivity contribution in [3.05, 3.63) is 48.2 Å². The summed E-state index contributed by atoms with van der Waals surface area (Å²) in [6.45, 7) is 1.73. The van der Waals surface area contributed by atoms with E-state index in [0.29, 0.717) is 0 Å². The Kier molecular flexibility index (Phi) is 4.02. The highest BCUT2D eigenvalue weighted by molar-refractivity contribution is 5.59. The van der Waals surface area contributed by atoms with Crippen molar-refractivity contribution in [2.75, 3.05) is 19.1 Å². The second kappa shape index (κ2) is 5.71. The Morgan fingerprint density at radius 2 is 1.84 bits per heavy atom. The topological polar surface area (TPSA) is 45.6 Å². The molecule has 1 atom stereocenters. The highest BCUT2D eigenvalue weighted by atomic mass is 16.5. The minimum absolute atomic E-state index is 0.493. The zero-order chi connectivity index (χ0) is 13.8. The molecule has 1 aromatic carbocycles. The predicted molar refractivity (Wildman–Crippen MR) is 75.9 cm³/mol. The highest BCUT2D eigenvalue weighted by Gasteiger charge is 2.07. The summed E-state index contributed by atoms with van der Waals surface area (Å²) in [7, 11) is 3.60. The zero-order valence-electron chi connectivity index (χ0n) is 11.4. The molecule has 0 aliphatic heterocycles. The van der Waals surface area contributed by atoms with Gasteiger partial charge >= 0.3 is 0 Å². The third kappa shape index (κ3) is 3.03. The second-order valence-electron chi connectivity index (χ2n) is 4.38. The number of pyridine rings is 1. The van der Waals surface area contributed by atoms with Crippen molar-refractivity contribution in [1.82, 2.24) is 4.98 Å². The number of hydrogen-bond donors (Lipinski definition) is 1. The van der Waals surface area contributed by atoms with Gasteiger partial charge in [0.05, 0.1) is 13.2 Å². The largest absolute Gasteiger partial charge is 0.497 e. The number of methoxy groups -OCH3 is 1. The summed E-state index contributed by atoms with van der Waals surface area (Å²) in [6.07, 6.45) is 1.20. The van der Waals surface area contributed by atoms with Gasteiger partial charge in [-0.25, -0.2) is 4.98 Å². The van der Waals surface area contributed by atoms with Crippen LogP contribution in [0.5, 0.6) is 5.75 Å². The molecule has 1 aromatic heterocycles. The van der Waals surface area contributed by atoms with Crippen LogP contribution in [0.4, 0.5) is 11.5 Å². The lowest BCUT2D eigenvalue weighted by Crippen LogP contribution is -2.11. The average Bonchev–Trinajstić information content (AvgIpc) is 2.46. The van der Waals surface area contributed by atoms with Crippen molar-refractivity contribution >= 4 is 11.5 Å². The number of aliphatic hydroxyl groups excluding tert-OH is 1. The molecular formula is C15H18N2O2. The van der Waals surface area contributed by atoms with Crippen LogP contribution in [0.25, 0.3) is 0 Å². The quantitative estimate of drug-likeness (QED) is 0.916. The Morgan fingerprint density at radius 1 is 1.16 bits per heavy atom. The van der Waals surface area contributed by atoms with E-state index < -0.39 is 6.10 Å². The summed E-state index contributed by atoms with van der Waals surface area (Å²) in [5.74, 6) is 1.66. The number of rotatable bonds is 4. The number of ether oxygens (including phenoxy) is 1. The van der Waals surface area contributed by atoms with Gasteiger partial charge in [0.1, 0.15) is 11.6 Å². The van der Waals surface area contributed by atoms with Gasteiger partial charge in [0.25, 0.3) is 0 Å². The average molecular weight is 258 g/mol. The first-order valence-electron chi connectivity index (χ1n) is 6.13. The van der Waals surface area contributed by atoms with Crippen molar-refractivity contribution in [2.45, 2.75) is 13.0 Å². The third-order valence-electron chi connectivity index (χ3n) is 3.06. The van der Waals surface area contributed by atoms with Crippen LogP contribution in [0.1, 0.15) is 18.6 Å². The van der Waals surface area contributed by atoms with E-state index in [4.69, 9.17) is 4.74 Å². The number of nitrogens with zero attached hydrogens (tertiary/aromatic N) is 2.